The van der Waals surface area contributed by atoms with E-state index < -0.39 is 29.4 Å². The van der Waals surface area contributed by atoms with Crippen LogP contribution in [0.4, 0.5) is 14.5 Å². The molecular formula is C30H32F2N8O5. The number of amides is 1. The average molecular weight is 623 g/mol. The molecule has 3 heterocycles. The highest BCUT2D eigenvalue weighted by Gasteiger charge is 2.24. The Morgan fingerprint density at radius 1 is 0.956 bits per heavy atom. The summed E-state index contributed by atoms with van der Waals surface area (Å²) in [6, 6.07) is 13.9. The highest BCUT2D eigenvalue weighted by Crippen LogP contribution is 2.30. The summed E-state index contributed by atoms with van der Waals surface area (Å²) in [5, 5.41) is 11.0. The predicted octanol–water partition coefficient (Wildman–Crippen LogP) is 2.44. The molecule has 0 saturated heterocycles. The van der Waals surface area contributed by atoms with Crippen molar-refractivity contribution < 1.29 is 23.1 Å². The Bertz CT molecular complexity index is 1880. The lowest BCUT2D eigenvalue weighted by molar-refractivity contribution is -0.118. The molecule has 5 rings (SSSR count). The molecule has 0 aliphatic rings. The number of methoxy groups -OCH3 is 1. The number of halogens is 2. The number of hydroxylamine groups is 1. The van der Waals surface area contributed by atoms with Gasteiger partial charge in [-0.2, -0.15) is 0 Å². The van der Waals surface area contributed by atoms with E-state index in [1.807, 2.05) is 55.8 Å². The molecule has 0 radical (unpaired) electrons. The minimum absolute atomic E-state index is 0.0574. The fraction of sp³-hybridized carbons (Fsp3) is 0.233. The van der Waals surface area contributed by atoms with Crippen LogP contribution < -0.4 is 26.8 Å². The first kappa shape index (κ1) is 32.5. The van der Waals surface area contributed by atoms with E-state index in [-0.39, 0.29) is 22.8 Å². The van der Waals surface area contributed by atoms with Gasteiger partial charge in [0.2, 0.25) is 12.3 Å². The molecule has 0 spiro atoms. The number of anilines is 1. The standard InChI is InChI=1S/C28H27F2N7O3.C2H5NO2/c1-31-18-10-8-17(9-11-18)19-15-35-26(20(19)14-34(2)3)27(38)37(24-12-13-25(40-4)33-32-24)28(39)36(35)16-21-22(29)6-5-7-23(21)30;1-5-3-2-4/h5-13,15,31H,14,16H2,1-4H3;2H,1H3,(H,3,4). The monoisotopic (exact) mass is 622 g/mol. The molecule has 236 valence electrons. The average Bonchev–Trinajstić information content (AvgIpc) is 3.40. The van der Waals surface area contributed by atoms with Crippen LogP contribution in [0.15, 0.2) is 70.4 Å². The Kier molecular flexibility index (Phi) is 10.4. The highest BCUT2D eigenvalue weighted by molar-refractivity contribution is 5.77. The van der Waals surface area contributed by atoms with Gasteiger partial charge in [-0.3, -0.25) is 18.9 Å². The van der Waals surface area contributed by atoms with Gasteiger partial charge in [0.15, 0.2) is 5.82 Å². The molecule has 1 amide bonds. The molecule has 0 atom stereocenters. The normalized spacial score (nSPS) is 10.8. The summed E-state index contributed by atoms with van der Waals surface area (Å²) in [7, 11) is 8.31. The number of hydrogen-bond acceptors (Lipinski definition) is 9. The number of hydrogen-bond donors (Lipinski definition) is 2. The molecule has 0 aliphatic carbocycles. The van der Waals surface area contributed by atoms with Gasteiger partial charge in [0.05, 0.1) is 20.8 Å². The number of carbonyl (C=O) groups excluding carboxylic acids is 1. The molecule has 45 heavy (non-hydrogen) atoms. The Morgan fingerprint density at radius 3 is 2.16 bits per heavy atom. The number of benzene rings is 2. The van der Waals surface area contributed by atoms with E-state index in [1.165, 1.54) is 36.9 Å². The zero-order valence-electron chi connectivity index (χ0n) is 25.2. The summed E-state index contributed by atoms with van der Waals surface area (Å²) in [4.78, 5) is 43.1. The van der Waals surface area contributed by atoms with E-state index in [2.05, 4.69) is 20.4 Å². The zero-order valence-corrected chi connectivity index (χ0v) is 25.2. The van der Waals surface area contributed by atoms with E-state index >= 15 is 0 Å². The first-order valence-electron chi connectivity index (χ1n) is 13.5. The minimum Gasteiger partial charge on any atom is -0.480 e. The second-order valence-corrected chi connectivity index (χ2v) is 9.83. The van der Waals surface area contributed by atoms with E-state index in [4.69, 9.17) is 9.53 Å². The summed E-state index contributed by atoms with van der Waals surface area (Å²) in [5.74, 6) is -1.50. The van der Waals surface area contributed by atoms with Gasteiger partial charge >= 0.3 is 5.69 Å². The molecule has 0 bridgehead atoms. The maximum atomic E-state index is 14.8. The summed E-state index contributed by atoms with van der Waals surface area (Å²) in [6.07, 6.45) is 2.11. The zero-order chi connectivity index (χ0) is 32.7. The van der Waals surface area contributed by atoms with Gasteiger partial charge in [-0.1, -0.05) is 18.2 Å². The van der Waals surface area contributed by atoms with Crippen molar-refractivity contribution in [1.29, 1.82) is 0 Å². The number of rotatable bonds is 10. The molecule has 0 fully saturated rings. The Morgan fingerprint density at radius 2 is 1.64 bits per heavy atom. The predicted molar refractivity (Wildman–Crippen MR) is 163 cm³/mol. The summed E-state index contributed by atoms with van der Waals surface area (Å²) < 4.78 is 37.9. The van der Waals surface area contributed by atoms with Crippen molar-refractivity contribution in [1.82, 2.24) is 34.3 Å². The smallest absolute Gasteiger partial charge is 0.352 e. The number of carbonyl (C=O) groups is 1. The van der Waals surface area contributed by atoms with Crippen molar-refractivity contribution in [3.05, 3.63) is 104 Å². The molecule has 0 saturated carbocycles. The van der Waals surface area contributed by atoms with Crippen LogP contribution in [0.2, 0.25) is 0 Å². The van der Waals surface area contributed by atoms with Crippen molar-refractivity contribution in [3.63, 3.8) is 0 Å². The van der Waals surface area contributed by atoms with E-state index in [1.54, 1.807) is 6.20 Å². The van der Waals surface area contributed by atoms with Crippen molar-refractivity contribution >= 4 is 17.6 Å². The third kappa shape index (κ3) is 6.89. The number of ether oxygens (including phenoxy) is 1. The maximum absolute atomic E-state index is 14.8. The summed E-state index contributed by atoms with van der Waals surface area (Å²) >= 11 is 0. The van der Waals surface area contributed by atoms with Gasteiger partial charge < -0.3 is 15.0 Å². The topological polar surface area (TPSA) is 137 Å². The lowest BCUT2D eigenvalue weighted by atomic mass is 10.0. The van der Waals surface area contributed by atoms with E-state index in [9.17, 15) is 18.4 Å². The van der Waals surface area contributed by atoms with Crippen LogP contribution in [0.5, 0.6) is 5.88 Å². The third-order valence-corrected chi connectivity index (χ3v) is 6.73. The van der Waals surface area contributed by atoms with Crippen LogP contribution in [-0.4, -0.2) is 70.6 Å². The molecule has 2 N–H and O–H groups in total. The largest absolute Gasteiger partial charge is 0.480 e. The first-order valence-corrected chi connectivity index (χ1v) is 13.5. The van der Waals surface area contributed by atoms with Crippen molar-refractivity contribution in [3.8, 4) is 22.8 Å². The van der Waals surface area contributed by atoms with Gasteiger partial charge in [-0.15, -0.1) is 10.2 Å². The fourth-order valence-electron chi connectivity index (χ4n) is 4.66. The van der Waals surface area contributed by atoms with Crippen LogP contribution in [0.3, 0.4) is 0 Å². The molecule has 3 aromatic heterocycles. The van der Waals surface area contributed by atoms with Gasteiger partial charge in [-0.05, 0) is 50.0 Å². The van der Waals surface area contributed by atoms with Crippen LogP contribution in [0, 0.1) is 11.6 Å². The van der Waals surface area contributed by atoms with Gasteiger partial charge in [0.25, 0.3) is 5.56 Å². The van der Waals surface area contributed by atoms with E-state index in [0.717, 1.165) is 32.6 Å². The van der Waals surface area contributed by atoms with Gasteiger partial charge in [-0.25, -0.2) is 28.3 Å². The van der Waals surface area contributed by atoms with Crippen molar-refractivity contribution in [2.24, 2.45) is 0 Å². The van der Waals surface area contributed by atoms with Crippen molar-refractivity contribution in [2.75, 3.05) is 40.7 Å². The number of fused-ring (bicyclic) bond motifs is 1. The minimum atomic E-state index is -0.844. The molecular weight excluding hydrogens is 590 g/mol. The molecule has 5 aromatic rings. The van der Waals surface area contributed by atoms with Gasteiger partial charge in [0, 0.05) is 48.2 Å². The van der Waals surface area contributed by atoms with Crippen LogP contribution in [0.25, 0.3) is 22.5 Å². The lowest BCUT2D eigenvalue weighted by Crippen LogP contribution is -2.43. The quantitative estimate of drug-likeness (QED) is 0.178. The summed E-state index contributed by atoms with van der Waals surface area (Å²) in [6.45, 7) is -0.138. The molecule has 15 heteroatoms. The molecule has 0 aliphatic heterocycles. The molecule has 2 aromatic carbocycles. The fourth-order valence-corrected chi connectivity index (χ4v) is 4.66. The second-order valence-electron chi connectivity index (χ2n) is 9.83. The third-order valence-electron chi connectivity index (χ3n) is 6.73. The van der Waals surface area contributed by atoms with Crippen LogP contribution in [-0.2, 0) is 22.7 Å². The van der Waals surface area contributed by atoms with Crippen LogP contribution in [0.1, 0.15) is 11.1 Å². The molecule has 0 unspecified atom stereocenters. The SMILES string of the molecule is CNc1ccc(-c2cn3c(c2CN(C)C)c(=O)n(-c2ccc(OC)nn2)c(=O)n3Cc2c(F)cccc2F)cc1.CONC=O. The van der Waals surface area contributed by atoms with Gasteiger partial charge in [0.1, 0.15) is 17.2 Å². The molecule has 13 nitrogen and oxygen atoms in total. The highest BCUT2D eigenvalue weighted by atomic mass is 19.1. The lowest BCUT2D eigenvalue weighted by Gasteiger charge is -2.15. The summed E-state index contributed by atoms with van der Waals surface area (Å²) in [5.41, 5.74) is 3.29. The Balaban J connectivity index is 0.000000854. The second kappa shape index (κ2) is 14.4. The first-order chi connectivity index (χ1) is 21.6. The van der Waals surface area contributed by atoms with Crippen molar-refractivity contribution in [2.45, 2.75) is 13.1 Å². The maximum Gasteiger partial charge on any atom is 0.352 e. The van der Waals surface area contributed by atoms with E-state index in [0.29, 0.717) is 24.1 Å². The Labute approximate surface area is 256 Å². The number of nitrogens with zero attached hydrogens (tertiary/aromatic N) is 6. The van der Waals surface area contributed by atoms with Crippen LogP contribution >= 0.6 is 0 Å². The number of nitrogens with one attached hydrogen (secondary N) is 2. The Hall–Kier alpha value is -5.41. The number of aromatic nitrogens is 5.